The van der Waals surface area contributed by atoms with Gasteiger partial charge in [-0.1, -0.05) is 0 Å². The summed E-state index contributed by atoms with van der Waals surface area (Å²) in [6.07, 6.45) is -0.712. The second kappa shape index (κ2) is 2.02. The van der Waals surface area contributed by atoms with Crippen molar-refractivity contribution in [3.8, 4) is 0 Å². The van der Waals surface area contributed by atoms with E-state index in [4.69, 9.17) is 10.8 Å². The third kappa shape index (κ3) is 0.996. The molecule has 0 bridgehead atoms. The first kappa shape index (κ1) is 6.03. The Labute approximate surface area is 51.4 Å². The molecule has 50 valence electrons. The van der Waals surface area contributed by atoms with Crippen molar-refractivity contribution in [3.05, 3.63) is 5.69 Å². The van der Waals surface area contributed by atoms with Gasteiger partial charge in [0.25, 0.3) is 0 Å². The van der Waals surface area contributed by atoms with Crippen molar-refractivity contribution in [3.63, 3.8) is 0 Å². The molecule has 1 aromatic heterocycles. The highest BCUT2D eigenvalue weighted by Gasteiger charge is 2.10. The second-order valence-electron chi connectivity index (χ2n) is 1.71. The fourth-order valence-electron chi connectivity index (χ4n) is 0.492. The Morgan fingerprint density at radius 1 is 1.67 bits per heavy atom. The molecule has 0 aliphatic rings. The van der Waals surface area contributed by atoms with Crippen LogP contribution in [0.25, 0.3) is 0 Å². The number of nitrogens with zero attached hydrogens (tertiary/aromatic N) is 2. The molecule has 0 aliphatic heterocycles. The largest absolute Gasteiger partial charge is 0.387 e. The third-order valence-corrected chi connectivity index (χ3v) is 0.937. The maximum Gasteiger partial charge on any atom is 0.194 e. The lowest BCUT2D eigenvalue weighted by Gasteiger charge is -1.94. The van der Waals surface area contributed by atoms with Crippen molar-refractivity contribution in [1.29, 1.82) is 0 Å². The Bertz CT molecular complexity index is 195. The van der Waals surface area contributed by atoms with Crippen molar-refractivity contribution in [2.75, 3.05) is 5.73 Å². The number of anilines is 1. The number of hydrogen-bond donors (Lipinski definition) is 2. The number of aliphatic hydroxyl groups excluding tert-OH is 1. The first-order valence-electron chi connectivity index (χ1n) is 2.48. The van der Waals surface area contributed by atoms with Crippen LogP contribution < -0.4 is 5.73 Å². The van der Waals surface area contributed by atoms with Crippen LogP contribution in [-0.2, 0) is 0 Å². The van der Waals surface area contributed by atoms with Gasteiger partial charge in [0.2, 0.25) is 0 Å². The van der Waals surface area contributed by atoms with Gasteiger partial charge < -0.3 is 10.8 Å². The fourth-order valence-corrected chi connectivity index (χ4v) is 0.492. The summed E-state index contributed by atoms with van der Waals surface area (Å²) in [5.74, 6) is 0.144. The maximum absolute atomic E-state index is 8.85. The number of rotatable bonds is 1. The molecule has 0 amide bonds. The van der Waals surface area contributed by atoms with Gasteiger partial charge in [0.15, 0.2) is 11.5 Å². The first-order valence-corrected chi connectivity index (χ1v) is 2.48. The summed E-state index contributed by atoms with van der Waals surface area (Å²) in [4.78, 5) is 0. The predicted molar refractivity (Wildman–Crippen MR) is 29.3 cm³/mol. The Hall–Kier alpha value is -1.10. The minimum absolute atomic E-state index is 0.144. The number of aliphatic hydroxyl groups is 1. The minimum atomic E-state index is -0.712. The quantitative estimate of drug-likeness (QED) is 0.544. The predicted octanol–water partition coefficient (Wildman–Crippen LogP) is -0.295. The Balaban J connectivity index is 2.94. The highest BCUT2D eigenvalue weighted by atomic mass is 16.6. The zero-order chi connectivity index (χ0) is 6.85. The van der Waals surface area contributed by atoms with E-state index in [2.05, 4.69) is 14.9 Å². The molecule has 5 heteroatoms. The van der Waals surface area contributed by atoms with E-state index >= 15 is 0 Å². The van der Waals surface area contributed by atoms with Crippen LogP contribution in [0.2, 0.25) is 0 Å². The summed E-state index contributed by atoms with van der Waals surface area (Å²) in [6, 6.07) is 0. The Kier molecular flexibility index (Phi) is 1.35. The summed E-state index contributed by atoms with van der Waals surface area (Å²) in [5.41, 5.74) is 5.50. The molecule has 0 saturated carbocycles. The van der Waals surface area contributed by atoms with E-state index in [1.807, 2.05) is 0 Å². The van der Waals surface area contributed by atoms with Crippen LogP contribution in [0.15, 0.2) is 4.63 Å². The Morgan fingerprint density at radius 3 is 2.56 bits per heavy atom. The van der Waals surface area contributed by atoms with E-state index in [-0.39, 0.29) is 11.5 Å². The lowest BCUT2D eigenvalue weighted by Crippen LogP contribution is -1.96. The van der Waals surface area contributed by atoms with Crippen LogP contribution in [0.1, 0.15) is 18.7 Å². The van der Waals surface area contributed by atoms with Gasteiger partial charge in [0, 0.05) is 0 Å². The third-order valence-electron chi connectivity index (χ3n) is 0.937. The van der Waals surface area contributed by atoms with Crippen molar-refractivity contribution in [2.24, 2.45) is 0 Å². The van der Waals surface area contributed by atoms with Crippen LogP contribution in [0, 0.1) is 0 Å². The normalized spacial score (nSPS) is 13.6. The molecule has 0 aromatic carbocycles. The highest BCUT2D eigenvalue weighted by Crippen LogP contribution is 2.13. The van der Waals surface area contributed by atoms with E-state index in [9.17, 15) is 0 Å². The molecule has 5 nitrogen and oxygen atoms in total. The van der Waals surface area contributed by atoms with E-state index in [0.717, 1.165) is 0 Å². The van der Waals surface area contributed by atoms with E-state index in [0.29, 0.717) is 0 Å². The van der Waals surface area contributed by atoms with E-state index in [1.54, 1.807) is 0 Å². The van der Waals surface area contributed by atoms with Crippen LogP contribution in [0.3, 0.4) is 0 Å². The average Bonchev–Trinajstić information content (AvgIpc) is 2.13. The van der Waals surface area contributed by atoms with Crippen molar-refractivity contribution in [1.82, 2.24) is 10.3 Å². The van der Waals surface area contributed by atoms with Gasteiger partial charge in [-0.25, -0.2) is 4.63 Å². The summed E-state index contributed by atoms with van der Waals surface area (Å²) in [6.45, 7) is 1.54. The highest BCUT2D eigenvalue weighted by molar-refractivity contribution is 5.32. The molecule has 1 aromatic rings. The number of aromatic nitrogens is 2. The molecule has 0 fully saturated rings. The molecule has 1 unspecified atom stereocenters. The summed E-state index contributed by atoms with van der Waals surface area (Å²) in [7, 11) is 0. The Morgan fingerprint density at radius 2 is 2.33 bits per heavy atom. The van der Waals surface area contributed by atoms with Crippen LogP contribution >= 0.6 is 0 Å². The van der Waals surface area contributed by atoms with Gasteiger partial charge in [-0.05, 0) is 17.2 Å². The smallest absolute Gasteiger partial charge is 0.194 e. The van der Waals surface area contributed by atoms with Gasteiger partial charge in [-0.3, -0.25) is 0 Å². The van der Waals surface area contributed by atoms with Gasteiger partial charge in [-0.15, -0.1) is 0 Å². The molecule has 1 atom stereocenters. The number of nitrogens with two attached hydrogens (primary N) is 1. The molecular formula is C4H7N3O2. The topological polar surface area (TPSA) is 85.2 Å². The standard InChI is InChI=1S/C4H7N3O2/c1-2(8)3-4(5)7-9-6-3/h2,8H,1H3,(H2,5,7). The molecule has 1 heterocycles. The molecule has 0 saturated heterocycles. The van der Waals surface area contributed by atoms with Crippen molar-refractivity contribution in [2.45, 2.75) is 13.0 Å². The lowest BCUT2D eigenvalue weighted by atomic mass is 10.3. The fraction of sp³-hybridized carbons (Fsp3) is 0.500. The van der Waals surface area contributed by atoms with Crippen LogP contribution in [-0.4, -0.2) is 15.4 Å². The molecule has 1 rings (SSSR count). The zero-order valence-corrected chi connectivity index (χ0v) is 4.90. The second-order valence-corrected chi connectivity index (χ2v) is 1.71. The SMILES string of the molecule is CC(O)c1nonc1N. The summed E-state index contributed by atoms with van der Waals surface area (Å²) >= 11 is 0. The maximum atomic E-state index is 8.85. The average molecular weight is 129 g/mol. The number of hydrogen-bond acceptors (Lipinski definition) is 5. The van der Waals surface area contributed by atoms with Crippen LogP contribution in [0.4, 0.5) is 5.82 Å². The lowest BCUT2D eigenvalue weighted by molar-refractivity contribution is 0.185. The molecule has 3 N–H and O–H groups in total. The van der Waals surface area contributed by atoms with Crippen LogP contribution in [0.5, 0.6) is 0 Å². The van der Waals surface area contributed by atoms with E-state index < -0.39 is 6.10 Å². The monoisotopic (exact) mass is 129 g/mol. The molecule has 9 heavy (non-hydrogen) atoms. The summed E-state index contributed by atoms with van der Waals surface area (Å²) < 4.78 is 4.22. The van der Waals surface area contributed by atoms with Gasteiger partial charge in [0.1, 0.15) is 6.10 Å². The van der Waals surface area contributed by atoms with Gasteiger partial charge in [0.05, 0.1) is 0 Å². The summed E-state index contributed by atoms with van der Waals surface area (Å²) in [5, 5.41) is 15.5. The number of nitrogen functional groups attached to an aromatic ring is 1. The van der Waals surface area contributed by atoms with Gasteiger partial charge in [-0.2, -0.15) is 0 Å². The van der Waals surface area contributed by atoms with Crippen molar-refractivity contribution < 1.29 is 9.74 Å². The van der Waals surface area contributed by atoms with Crippen molar-refractivity contribution >= 4 is 5.82 Å². The molecular weight excluding hydrogens is 122 g/mol. The van der Waals surface area contributed by atoms with Gasteiger partial charge >= 0.3 is 0 Å². The molecule has 0 aliphatic carbocycles. The molecule has 0 radical (unpaired) electrons. The zero-order valence-electron chi connectivity index (χ0n) is 4.90. The molecule has 0 spiro atoms. The first-order chi connectivity index (χ1) is 4.22. The van der Waals surface area contributed by atoms with E-state index in [1.165, 1.54) is 6.92 Å². The minimum Gasteiger partial charge on any atom is -0.387 e.